The molecule has 3 rings (SSSR count). The lowest BCUT2D eigenvalue weighted by molar-refractivity contribution is 0.225. The Bertz CT molecular complexity index is 788. The normalized spacial score (nSPS) is 11.7. The van der Waals surface area contributed by atoms with Gasteiger partial charge < -0.3 is 15.7 Å². The molecule has 6 nitrogen and oxygen atoms in total. The van der Waals surface area contributed by atoms with Crippen LogP contribution in [0.15, 0.2) is 73.1 Å². The Hall–Kier alpha value is -3.12. The predicted molar refractivity (Wildman–Crippen MR) is 92.0 cm³/mol. The molecule has 0 spiro atoms. The van der Waals surface area contributed by atoms with Gasteiger partial charge in [0.2, 0.25) is 0 Å². The van der Waals surface area contributed by atoms with Crippen molar-refractivity contribution in [2.45, 2.75) is 6.04 Å². The summed E-state index contributed by atoms with van der Waals surface area (Å²) in [6.45, 7) is -0.176. The standard InChI is InChI=1S/C18H18N4O2/c23-13-17(14-6-2-1-3-7-14)21-18(24)20-15-8-4-9-16(12-15)22-11-5-10-19-22/h1-12,17,23H,13H2,(H2,20,21,24)/t17-/m1/s1. The zero-order valence-electron chi connectivity index (χ0n) is 13.0. The molecule has 122 valence electrons. The molecule has 3 N–H and O–H groups in total. The highest BCUT2D eigenvalue weighted by Gasteiger charge is 2.13. The summed E-state index contributed by atoms with van der Waals surface area (Å²) in [6, 6.07) is 17.7. The summed E-state index contributed by atoms with van der Waals surface area (Å²) in [6.07, 6.45) is 3.52. The van der Waals surface area contributed by atoms with Crippen molar-refractivity contribution in [3.63, 3.8) is 0 Å². The second kappa shape index (κ2) is 7.43. The number of urea groups is 1. The van der Waals surface area contributed by atoms with Crippen LogP contribution in [0, 0.1) is 0 Å². The van der Waals surface area contributed by atoms with E-state index >= 15 is 0 Å². The molecule has 0 aliphatic heterocycles. The largest absolute Gasteiger partial charge is 0.394 e. The molecule has 24 heavy (non-hydrogen) atoms. The molecule has 1 heterocycles. The Balaban J connectivity index is 1.67. The lowest BCUT2D eigenvalue weighted by atomic mass is 10.1. The number of aliphatic hydroxyl groups excluding tert-OH is 1. The summed E-state index contributed by atoms with van der Waals surface area (Å²) in [5.41, 5.74) is 2.34. The van der Waals surface area contributed by atoms with Crippen LogP contribution in [0.25, 0.3) is 5.69 Å². The van der Waals surface area contributed by atoms with E-state index in [9.17, 15) is 9.90 Å². The second-order valence-corrected chi connectivity index (χ2v) is 5.25. The molecule has 6 heteroatoms. The highest BCUT2D eigenvalue weighted by molar-refractivity contribution is 5.89. The molecule has 2 aromatic carbocycles. The van der Waals surface area contributed by atoms with Gasteiger partial charge in [-0.05, 0) is 29.8 Å². The van der Waals surface area contributed by atoms with E-state index in [4.69, 9.17) is 0 Å². The smallest absolute Gasteiger partial charge is 0.319 e. The van der Waals surface area contributed by atoms with Crippen LogP contribution in [0.1, 0.15) is 11.6 Å². The quantitative estimate of drug-likeness (QED) is 0.676. The number of carbonyl (C=O) groups is 1. The highest BCUT2D eigenvalue weighted by atomic mass is 16.3. The summed E-state index contributed by atoms with van der Waals surface area (Å²) in [7, 11) is 0. The average molecular weight is 322 g/mol. The van der Waals surface area contributed by atoms with E-state index in [0.29, 0.717) is 5.69 Å². The van der Waals surface area contributed by atoms with E-state index in [0.717, 1.165) is 11.3 Å². The monoisotopic (exact) mass is 322 g/mol. The van der Waals surface area contributed by atoms with Crippen molar-refractivity contribution in [1.82, 2.24) is 15.1 Å². The van der Waals surface area contributed by atoms with Crippen LogP contribution in [0.4, 0.5) is 10.5 Å². The lowest BCUT2D eigenvalue weighted by Crippen LogP contribution is -2.34. The fraction of sp³-hybridized carbons (Fsp3) is 0.111. The fourth-order valence-electron chi connectivity index (χ4n) is 2.39. The van der Waals surface area contributed by atoms with Gasteiger partial charge in [0, 0.05) is 18.1 Å². The summed E-state index contributed by atoms with van der Waals surface area (Å²) in [5, 5.41) is 19.2. The molecule has 0 fully saturated rings. The summed E-state index contributed by atoms with van der Waals surface area (Å²) in [5.74, 6) is 0. The van der Waals surface area contributed by atoms with Crippen molar-refractivity contribution in [2.24, 2.45) is 0 Å². The molecule has 0 aliphatic rings. The number of carbonyl (C=O) groups excluding carboxylic acids is 1. The van der Waals surface area contributed by atoms with Crippen LogP contribution in [0.3, 0.4) is 0 Å². The molecule has 3 aromatic rings. The van der Waals surface area contributed by atoms with Gasteiger partial charge in [0.25, 0.3) is 0 Å². The molecule has 1 aromatic heterocycles. The van der Waals surface area contributed by atoms with Crippen LogP contribution in [-0.4, -0.2) is 27.5 Å². The summed E-state index contributed by atoms with van der Waals surface area (Å²) < 4.78 is 1.71. The van der Waals surface area contributed by atoms with Gasteiger partial charge in [-0.2, -0.15) is 5.10 Å². The van der Waals surface area contributed by atoms with E-state index in [-0.39, 0.29) is 12.6 Å². The number of nitrogens with one attached hydrogen (secondary N) is 2. The first kappa shape index (κ1) is 15.8. The Morgan fingerprint density at radius 2 is 1.96 bits per heavy atom. The predicted octanol–water partition coefficient (Wildman–Crippen LogP) is 2.73. The van der Waals surface area contributed by atoms with Crippen molar-refractivity contribution >= 4 is 11.7 Å². The maximum atomic E-state index is 12.2. The van der Waals surface area contributed by atoms with Gasteiger partial charge in [-0.3, -0.25) is 0 Å². The van der Waals surface area contributed by atoms with Gasteiger partial charge in [0.15, 0.2) is 0 Å². The first-order chi connectivity index (χ1) is 11.8. The molecule has 0 saturated carbocycles. The van der Waals surface area contributed by atoms with Gasteiger partial charge in [-0.1, -0.05) is 36.4 Å². The second-order valence-electron chi connectivity index (χ2n) is 5.25. The van der Waals surface area contributed by atoms with Crippen molar-refractivity contribution in [3.05, 3.63) is 78.6 Å². The fourth-order valence-corrected chi connectivity index (χ4v) is 2.39. The maximum Gasteiger partial charge on any atom is 0.319 e. The van der Waals surface area contributed by atoms with Gasteiger partial charge in [0.1, 0.15) is 0 Å². The van der Waals surface area contributed by atoms with E-state index in [2.05, 4.69) is 15.7 Å². The minimum absolute atomic E-state index is 0.176. The van der Waals surface area contributed by atoms with E-state index < -0.39 is 6.04 Å². The molecule has 0 saturated heterocycles. The number of nitrogens with zero attached hydrogens (tertiary/aromatic N) is 2. The van der Waals surface area contributed by atoms with Gasteiger partial charge in [-0.15, -0.1) is 0 Å². The van der Waals surface area contributed by atoms with Gasteiger partial charge in [-0.25, -0.2) is 9.48 Å². The van der Waals surface area contributed by atoms with Crippen molar-refractivity contribution < 1.29 is 9.90 Å². The van der Waals surface area contributed by atoms with Crippen molar-refractivity contribution in [1.29, 1.82) is 0 Å². The number of hydrogen-bond acceptors (Lipinski definition) is 3. The number of anilines is 1. The Morgan fingerprint density at radius 1 is 1.12 bits per heavy atom. The summed E-state index contributed by atoms with van der Waals surface area (Å²) >= 11 is 0. The first-order valence-corrected chi connectivity index (χ1v) is 7.59. The Morgan fingerprint density at radius 3 is 2.67 bits per heavy atom. The van der Waals surface area contributed by atoms with Gasteiger partial charge in [0.05, 0.1) is 18.3 Å². The molecule has 2 amide bonds. The van der Waals surface area contributed by atoms with Gasteiger partial charge >= 0.3 is 6.03 Å². The van der Waals surface area contributed by atoms with Crippen LogP contribution in [-0.2, 0) is 0 Å². The maximum absolute atomic E-state index is 12.2. The number of benzene rings is 2. The van der Waals surface area contributed by atoms with Crippen molar-refractivity contribution in [3.8, 4) is 5.69 Å². The number of hydrogen-bond donors (Lipinski definition) is 3. The van der Waals surface area contributed by atoms with E-state index in [1.54, 1.807) is 16.9 Å². The topological polar surface area (TPSA) is 79.2 Å². The third-order valence-corrected chi connectivity index (χ3v) is 3.56. The van der Waals surface area contributed by atoms with Crippen LogP contribution in [0.5, 0.6) is 0 Å². The number of aliphatic hydroxyl groups is 1. The third kappa shape index (κ3) is 3.80. The molecular weight excluding hydrogens is 304 g/mol. The SMILES string of the molecule is O=C(Nc1cccc(-n2cccn2)c1)N[C@H](CO)c1ccccc1. The average Bonchev–Trinajstić information content (AvgIpc) is 3.15. The minimum atomic E-state index is -0.458. The summed E-state index contributed by atoms with van der Waals surface area (Å²) in [4.78, 5) is 12.2. The van der Waals surface area contributed by atoms with Crippen LogP contribution in [0.2, 0.25) is 0 Å². The third-order valence-electron chi connectivity index (χ3n) is 3.56. The zero-order chi connectivity index (χ0) is 16.8. The number of aromatic nitrogens is 2. The molecule has 1 atom stereocenters. The number of amides is 2. The number of rotatable bonds is 5. The zero-order valence-corrected chi connectivity index (χ0v) is 13.0. The Labute approximate surface area is 139 Å². The molecule has 0 unspecified atom stereocenters. The molecular formula is C18H18N4O2. The van der Waals surface area contributed by atoms with E-state index in [1.165, 1.54) is 0 Å². The molecule has 0 aliphatic carbocycles. The van der Waals surface area contributed by atoms with Crippen LogP contribution < -0.4 is 10.6 Å². The molecule has 0 radical (unpaired) electrons. The first-order valence-electron chi connectivity index (χ1n) is 7.59. The lowest BCUT2D eigenvalue weighted by Gasteiger charge is -2.17. The minimum Gasteiger partial charge on any atom is -0.394 e. The van der Waals surface area contributed by atoms with Crippen molar-refractivity contribution in [2.75, 3.05) is 11.9 Å². The highest BCUT2D eigenvalue weighted by Crippen LogP contribution is 2.15. The Kier molecular flexibility index (Phi) is 4.88. The molecule has 0 bridgehead atoms. The van der Waals surface area contributed by atoms with Crippen LogP contribution >= 0.6 is 0 Å². The van der Waals surface area contributed by atoms with E-state index in [1.807, 2.05) is 60.8 Å².